The van der Waals surface area contributed by atoms with Gasteiger partial charge >= 0.3 is 0 Å². The fourth-order valence-electron chi connectivity index (χ4n) is 2.57. The van der Waals surface area contributed by atoms with E-state index in [-0.39, 0.29) is 5.91 Å². The fraction of sp³-hybridized carbons (Fsp3) is 0.400. The van der Waals surface area contributed by atoms with Crippen LogP contribution in [0.1, 0.15) is 61.9 Å². The first-order chi connectivity index (χ1) is 11.6. The SMILES string of the molecule is CCCCCNC(=O)c1ccnc(Nc2ccccc2C(C)C)c1. The number of rotatable bonds is 8. The Labute approximate surface area is 144 Å². The molecule has 2 rings (SSSR count). The number of benzene rings is 1. The molecule has 0 unspecified atom stereocenters. The van der Waals surface area contributed by atoms with Crippen LogP contribution in [0.15, 0.2) is 42.6 Å². The summed E-state index contributed by atoms with van der Waals surface area (Å²) in [6.45, 7) is 7.19. The van der Waals surface area contributed by atoms with E-state index in [4.69, 9.17) is 0 Å². The van der Waals surface area contributed by atoms with Crippen molar-refractivity contribution in [2.75, 3.05) is 11.9 Å². The highest BCUT2D eigenvalue weighted by molar-refractivity contribution is 5.94. The summed E-state index contributed by atoms with van der Waals surface area (Å²) in [6, 6.07) is 11.7. The summed E-state index contributed by atoms with van der Waals surface area (Å²) in [5.74, 6) is 1.05. The first-order valence-corrected chi connectivity index (χ1v) is 8.72. The van der Waals surface area contributed by atoms with Gasteiger partial charge in [-0.1, -0.05) is 51.8 Å². The van der Waals surface area contributed by atoms with Gasteiger partial charge in [-0.05, 0) is 36.1 Å². The van der Waals surface area contributed by atoms with Crippen molar-refractivity contribution >= 4 is 17.4 Å². The molecule has 24 heavy (non-hydrogen) atoms. The molecule has 0 saturated carbocycles. The number of nitrogens with zero attached hydrogens (tertiary/aromatic N) is 1. The Balaban J connectivity index is 2.07. The van der Waals surface area contributed by atoms with E-state index in [1.807, 2.05) is 18.2 Å². The molecule has 2 aromatic rings. The molecule has 0 spiro atoms. The van der Waals surface area contributed by atoms with Crippen LogP contribution in [0.25, 0.3) is 0 Å². The van der Waals surface area contributed by atoms with Crippen molar-refractivity contribution in [3.63, 3.8) is 0 Å². The second kappa shape index (κ2) is 9.06. The number of pyridine rings is 1. The molecule has 0 saturated heterocycles. The van der Waals surface area contributed by atoms with Crippen LogP contribution in [0.5, 0.6) is 0 Å². The van der Waals surface area contributed by atoms with Crippen molar-refractivity contribution in [3.05, 3.63) is 53.7 Å². The third-order valence-electron chi connectivity index (χ3n) is 3.93. The predicted octanol–water partition coefficient (Wildman–Crippen LogP) is 4.87. The predicted molar refractivity (Wildman–Crippen MR) is 99.9 cm³/mol. The lowest BCUT2D eigenvalue weighted by Crippen LogP contribution is -2.24. The summed E-state index contributed by atoms with van der Waals surface area (Å²) in [4.78, 5) is 16.6. The highest BCUT2D eigenvalue weighted by Gasteiger charge is 2.09. The van der Waals surface area contributed by atoms with E-state index in [0.717, 1.165) is 24.9 Å². The molecule has 0 aliphatic rings. The quantitative estimate of drug-likeness (QED) is 0.681. The van der Waals surface area contributed by atoms with Gasteiger partial charge in [0.05, 0.1) is 0 Å². The molecule has 4 nitrogen and oxygen atoms in total. The van der Waals surface area contributed by atoms with Crippen molar-refractivity contribution in [2.45, 2.75) is 46.0 Å². The van der Waals surface area contributed by atoms with E-state index >= 15 is 0 Å². The van der Waals surface area contributed by atoms with Crippen LogP contribution in [-0.4, -0.2) is 17.4 Å². The first kappa shape index (κ1) is 18.0. The van der Waals surface area contributed by atoms with Crippen molar-refractivity contribution in [1.82, 2.24) is 10.3 Å². The molecule has 0 fully saturated rings. The van der Waals surface area contributed by atoms with Gasteiger partial charge in [0.1, 0.15) is 5.82 Å². The minimum atomic E-state index is -0.0475. The highest BCUT2D eigenvalue weighted by atomic mass is 16.1. The van der Waals surface area contributed by atoms with Crippen LogP contribution in [0, 0.1) is 0 Å². The lowest BCUT2D eigenvalue weighted by atomic mass is 10.0. The monoisotopic (exact) mass is 325 g/mol. The summed E-state index contributed by atoms with van der Waals surface area (Å²) in [7, 11) is 0. The first-order valence-electron chi connectivity index (χ1n) is 8.72. The Hall–Kier alpha value is -2.36. The third kappa shape index (κ3) is 5.08. The highest BCUT2D eigenvalue weighted by Crippen LogP contribution is 2.26. The number of para-hydroxylation sites is 1. The zero-order chi connectivity index (χ0) is 17.4. The number of nitrogens with one attached hydrogen (secondary N) is 2. The summed E-state index contributed by atoms with van der Waals surface area (Å²) in [5.41, 5.74) is 2.89. The van der Waals surface area contributed by atoms with Crippen LogP contribution in [0.3, 0.4) is 0 Å². The summed E-state index contributed by atoms with van der Waals surface area (Å²) < 4.78 is 0. The maximum absolute atomic E-state index is 12.2. The van der Waals surface area contributed by atoms with E-state index in [0.29, 0.717) is 23.8 Å². The van der Waals surface area contributed by atoms with Crippen molar-refractivity contribution in [1.29, 1.82) is 0 Å². The zero-order valence-electron chi connectivity index (χ0n) is 14.8. The molecule has 0 atom stereocenters. The Morgan fingerprint density at radius 3 is 2.71 bits per heavy atom. The molecule has 1 aromatic heterocycles. The van der Waals surface area contributed by atoms with Gasteiger partial charge in [-0.25, -0.2) is 4.98 Å². The normalized spacial score (nSPS) is 10.7. The van der Waals surface area contributed by atoms with Gasteiger partial charge in [-0.2, -0.15) is 0 Å². The van der Waals surface area contributed by atoms with Gasteiger partial charge in [0, 0.05) is 24.0 Å². The largest absolute Gasteiger partial charge is 0.352 e. The van der Waals surface area contributed by atoms with Crippen LogP contribution >= 0.6 is 0 Å². The number of carbonyl (C=O) groups excluding carboxylic acids is 1. The molecule has 1 aromatic carbocycles. The van der Waals surface area contributed by atoms with Crippen LogP contribution in [0.4, 0.5) is 11.5 Å². The maximum Gasteiger partial charge on any atom is 0.251 e. The summed E-state index contributed by atoms with van der Waals surface area (Å²) in [5, 5.41) is 6.29. The number of hydrogen-bond donors (Lipinski definition) is 2. The molecule has 0 aliphatic heterocycles. The van der Waals surface area contributed by atoms with Gasteiger partial charge in [-0.3, -0.25) is 4.79 Å². The minimum absolute atomic E-state index is 0.0475. The molecule has 0 radical (unpaired) electrons. The number of anilines is 2. The van der Waals surface area contributed by atoms with Gasteiger partial charge in [0.2, 0.25) is 0 Å². The number of unbranched alkanes of at least 4 members (excludes halogenated alkanes) is 2. The Morgan fingerprint density at radius 2 is 1.96 bits per heavy atom. The number of amides is 1. The number of aromatic nitrogens is 1. The standard InChI is InChI=1S/C20H27N3O/c1-4-5-8-12-22-20(24)16-11-13-21-19(14-16)23-18-10-7-6-9-17(18)15(2)3/h6-7,9-11,13-15H,4-5,8,12H2,1-3H3,(H,21,23)(H,22,24). The molecule has 1 heterocycles. The lowest BCUT2D eigenvalue weighted by Gasteiger charge is -2.14. The Kier molecular flexibility index (Phi) is 6.79. The molecule has 1 amide bonds. The molecular formula is C20H27N3O. The van der Waals surface area contributed by atoms with Gasteiger partial charge in [0.15, 0.2) is 0 Å². The fourth-order valence-corrected chi connectivity index (χ4v) is 2.57. The maximum atomic E-state index is 12.2. The van der Waals surface area contributed by atoms with E-state index in [9.17, 15) is 4.79 Å². The summed E-state index contributed by atoms with van der Waals surface area (Å²) in [6.07, 6.45) is 4.96. The smallest absolute Gasteiger partial charge is 0.251 e. The van der Waals surface area contributed by atoms with Crippen molar-refractivity contribution in [3.8, 4) is 0 Å². The second-order valence-corrected chi connectivity index (χ2v) is 6.26. The van der Waals surface area contributed by atoms with Crippen LogP contribution < -0.4 is 10.6 Å². The summed E-state index contributed by atoms with van der Waals surface area (Å²) >= 11 is 0. The van der Waals surface area contributed by atoms with E-state index in [2.05, 4.69) is 42.5 Å². The van der Waals surface area contributed by atoms with E-state index in [1.54, 1.807) is 18.3 Å². The zero-order valence-corrected chi connectivity index (χ0v) is 14.8. The van der Waals surface area contributed by atoms with Gasteiger partial charge in [0.25, 0.3) is 5.91 Å². The molecule has 0 bridgehead atoms. The second-order valence-electron chi connectivity index (χ2n) is 6.26. The van der Waals surface area contributed by atoms with Gasteiger partial charge < -0.3 is 10.6 Å². The van der Waals surface area contributed by atoms with E-state index < -0.39 is 0 Å². The molecule has 4 heteroatoms. The topological polar surface area (TPSA) is 54.0 Å². The average molecular weight is 325 g/mol. The third-order valence-corrected chi connectivity index (χ3v) is 3.93. The minimum Gasteiger partial charge on any atom is -0.352 e. The van der Waals surface area contributed by atoms with Crippen molar-refractivity contribution < 1.29 is 4.79 Å². The van der Waals surface area contributed by atoms with Crippen LogP contribution in [0.2, 0.25) is 0 Å². The Bertz CT molecular complexity index is 667. The van der Waals surface area contributed by atoms with Crippen LogP contribution in [-0.2, 0) is 0 Å². The average Bonchev–Trinajstić information content (AvgIpc) is 2.59. The van der Waals surface area contributed by atoms with Gasteiger partial charge in [-0.15, -0.1) is 0 Å². The number of hydrogen-bond acceptors (Lipinski definition) is 3. The molecule has 2 N–H and O–H groups in total. The number of carbonyl (C=O) groups is 1. The van der Waals surface area contributed by atoms with Crippen molar-refractivity contribution in [2.24, 2.45) is 0 Å². The molecule has 0 aliphatic carbocycles. The molecule has 128 valence electrons. The van der Waals surface area contributed by atoms with E-state index in [1.165, 1.54) is 5.56 Å². The lowest BCUT2D eigenvalue weighted by molar-refractivity contribution is 0.0953. The molecular weight excluding hydrogens is 298 g/mol. The Morgan fingerprint density at radius 1 is 1.17 bits per heavy atom.